The molecule has 116 valence electrons. The Labute approximate surface area is 127 Å². The zero-order valence-electron chi connectivity index (χ0n) is 13.2. The average Bonchev–Trinajstić information content (AvgIpc) is 2.91. The maximum absolute atomic E-state index is 12.5. The smallest absolute Gasteiger partial charge is 0.230 e. The van der Waals surface area contributed by atoms with E-state index in [4.69, 9.17) is 0 Å². The lowest BCUT2D eigenvalue weighted by Gasteiger charge is -2.31. The molecule has 20 heavy (non-hydrogen) atoms. The van der Waals surface area contributed by atoms with Crippen molar-refractivity contribution >= 4 is 23.6 Å². The van der Waals surface area contributed by atoms with Crippen LogP contribution in [0.2, 0.25) is 0 Å². The first kappa shape index (κ1) is 17.1. The van der Waals surface area contributed by atoms with Gasteiger partial charge in [-0.15, -0.1) is 0 Å². The highest BCUT2D eigenvalue weighted by Crippen LogP contribution is 2.38. The zero-order valence-corrected chi connectivity index (χ0v) is 14.0. The van der Waals surface area contributed by atoms with E-state index >= 15 is 0 Å². The van der Waals surface area contributed by atoms with Crippen LogP contribution in [0.5, 0.6) is 0 Å². The molecule has 6 heteroatoms. The summed E-state index contributed by atoms with van der Waals surface area (Å²) in [6, 6.07) is 0. The molecule has 0 aromatic rings. The highest BCUT2D eigenvalue weighted by atomic mass is 32.2. The maximum atomic E-state index is 12.5. The number of nitrogens with zero attached hydrogens (tertiary/aromatic N) is 2. The van der Waals surface area contributed by atoms with E-state index < -0.39 is 0 Å². The Kier molecular flexibility index (Phi) is 7.19. The SMILES string of the molecule is CN=C(NCCSC)NCC1(C(=O)N(C)C)CCCC1. The molecule has 0 aliphatic heterocycles. The highest BCUT2D eigenvalue weighted by Gasteiger charge is 2.41. The fourth-order valence-corrected chi connectivity index (χ4v) is 3.04. The van der Waals surface area contributed by atoms with Gasteiger partial charge in [-0.1, -0.05) is 12.8 Å². The van der Waals surface area contributed by atoms with Gasteiger partial charge in [0.1, 0.15) is 0 Å². The van der Waals surface area contributed by atoms with Gasteiger partial charge in [0.05, 0.1) is 5.41 Å². The van der Waals surface area contributed by atoms with Crippen molar-refractivity contribution < 1.29 is 4.79 Å². The van der Waals surface area contributed by atoms with E-state index in [1.807, 2.05) is 14.1 Å². The number of thioether (sulfide) groups is 1. The number of guanidine groups is 1. The predicted molar refractivity (Wildman–Crippen MR) is 87.3 cm³/mol. The molecule has 2 N–H and O–H groups in total. The van der Waals surface area contributed by atoms with E-state index in [0.717, 1.165) is 43.9 Å². The summed E-state index contributed by atoms with van der Waals surface area (Å²) < 4.78 is 0. The van der Waals surface area contributed by atoms with E-state index in [1.165, 1.54) is 0 Å². The van der Waals surface area contributed by atoms with Crippen LogP contribution in [0.15, 0.2) is 4.99 Å². The Morgan fingerprint density at radius 1 is 1.30 bits per heavy atom. The third kappa shape index (κ3) is 4.58. The minimum absolute atomic E-state index is 0.238. The number of amides is 1. The highest BCUT2D eigenvalue weighted by molar-refractivity contribution is 7.98. The topological polar surface area (TPSA) is 56.7 Å². The van der Waals surface area contributed by atoms with Crippen molar-refractivity contribution in [1.82, 2.24) is 15.5 Å². The number of hydrogen-bond acceptors (Lipinski definition) is 3. The van der Waals surface area contributed by atoms with Crippen molar-refractivity contribution in [1.29, 1.82) is 0 Å². The molecule has 0 saturated heterocycles. The Bertz CT molecular complexity index is 338. The Morgan fingerprint density at radius 2 is 1.95 bits per heavy atom. The summed E-state index contributed by atoms with van der Waals surface area (Å²) in [5, 5.41) is 6.60. The van der Waals surface area contributed by atoms with Gasteiger partial charge in [-0.25, -0.2) is 0 Å². The molecule has 0 bridgehead atoms. The molecule has 1 aliphatic rings. The van der Waals surface area contributed by atoms with Crippen molar-refractivity contribution in [2.24, 2.45) is 10.4 Å². The van der Waals surface area contributed by atoms with Crippen molar-refractivity contribution in [3.05, 3.63) is 0 Å². The number of nitrogens with one attached hydrogen (secondary N) is 2. The molecule has 0 radical (unpaired) electrons. The Morgan fingerprint density at radius 3 is 2.45 bits per heavy atom. The van der Waals surface area contributed by atoms with Crippen molar-refractivity contribution in [3.8, 4) is 0 Å². The van der Waals surface area contributed by atoms with Gasteiger partial charge in [-0.3, -0.25) is 9.79 Å². The lowest BCUT2D eigenvalue weighted by atomic mass is 9.84. The minimum Gasteiger partial charge on any atom is -0.356 e. The van der Waals surface area contributed by atoms with Gasteiger partial charge in [0, 0.05) is 40.0 Å². The molecule has 1 amide bonds. The van der Waals surface area contributed by atoms with Crippen LogP contribution < -0.4 is 10.6 Å². The first-order chi connectivity index (χ1) is 9.55. The molecule has 1 fully saturated rings. The zero-order chi connectivity index (χ0) is 15.0. The monoisotopic (exact) mass is 300 g/mol. The molecule has 1 aliphatic carbocycles. The van der Waals surface area contributed by atoms with Crippen LogP contribution in [0.3, 0.4) is 0 Å². The molecule has 5 nitrogen and oxygen atoms in total. The number of carbonyl (C=O) groups excluding carboxylic acids is 1. The molecule has 0 aromatic heterocycles. The molecule has 0 atom stereocenters. The van der Waals surface area contributed by atoms with E-state index in [9.17, 15) is 4.79 Å². The van der Waals surface area contributed by atoms with Crippen LogP contribution in [0.1, 0.15) is 25.7 Å². The first-order valence-corrected chi connectivity index (χ1v) is 8.60. The summed E-state index contributed by atoms with van der Waals surface area (Å²) in [7, 11) is 5.45. The van der Waals surface area contributed by atoms with Gasteiger partial charge < -0.3 is 15.5 Å². The standard InChI is InChI=1S/C14H28N4OS/c1-15-13(16-9-10-20-4)17-11-14(7-5-6-8-14)12(19)18(2)3/h5-11H2,1-4H3,(H2,15,16,17). The molecule has 0 spiro atoms. The lowest BCUT2D eigenvalue weighted by Crippen LogP contribution is -2.49. The third-order valence-corrected chi connectivity index (χ3v) is 4.45. The second kappa shape index (κ2) is 8.39. The number of rotatable bonds is 6. The van der Waals surface area contributed by atoms with E-state index in [0.29, 0.717) is 6.54 Å². The molecule has 0 heterocycles. The summed E-state index contributed by atoms with van der Waals surface area (Å²) in [6.07, 6.45) is 6.30. The fourth-order valence-electron chi connectivity index (χ4n) is 2.74. The van der Waals surface area contributed by atoms with Crippen molar-refractivity contribution in [3.63, 3.8) is 0 Å². The summed E-state index contributed by atoms with van der Waals surface area (Å²) in [4.78, 5) is 18.4. The van der Waals surface area contributed by atoms with Crippen molar-refractivity contribution in [2.75, 3.05) is 46.2 Å². The molecule has 0 aromatic carbocycles. The van der Waals surface area contributed by atoms with Gasteiger partial charge in [0.25, 0.3) is 0 Å². The number of hydrogen-bond donors (Lipinski definition) is 2. The normalized spacial score (nSPS) is 17.9. The lowest BCUT2D eigenvalue weighted by molar-refractivity contribution is -0.138. The number of carbonyl (C=O) groups is 1. The van der Waals surface area contributed by atoms with Gasteiger partial charge in [0.15, 0.2) is 5.96 Å². The van der Waals surface area contributed by atoms with Crippen LogP contribution in [0, 0.1) is 5.41 Å². The molecular formula is C14H28N4OS. The second-order valence-corrected chi connectivity index (χ2v) is 6.52. The van der Waals surface area contributed by atoms with Gasteiger partial charge in [-0.2, -0.15) is 11.8 Å². The van der Waals surface area contributed by atoms with Gasteiger partial charge in [-0.05, 0) is 19.1 Å². The third-order valence-electron chi connectivity index (χ3n) is 3.84. The molecule has 0 unspecified atom stereocenters. The quantitative estimate of drug-likeness (QED) is 0.439. The van der Waals surface area contributed by atoms with Crippen LogP contribution in [-0.4, -0.2) is 63.0 Å². The minimum atomic E-state index is -0.249. The van der Waals surface area contributed by atoms with Crippen LogP contribution in [0.25, 0.3) is 0 Å². The van der Waals surface area contributed by atoms with Crippen LogP contribution in [0.4, 0.5) is 0 Å². The second-order valence-electron chi connectivity index (χ2n) is 5.53. The molecular weight excluding hydrogens is 272 g/mol. The summed E-state index contributed by atoms with van der Waals surface area (Å²) in [5.41, 5.74) is -0.249. The first-order valence-electron chi connectivity index (χ1n) is 7.21. The van der Waals surface area contributed by atoms with E-state index in [2.05, 4.69) is 21.9 Å². The maximum Gasteiger partial charge on any atom is 0.230 e. The average molecular weight is 300 g/mol. The summed E-state index contributed by atoms with van der Waals surface area (Å²) in [5.74, 6) is 2.07. The largest absolute Gasteiger partial charge is 0.356 e. The summed E-state index contributed by atoms with van der Waals surface area (Å²) >= 11 is 1.80. The van der Waals surface area contributed by atoms with Gasteiger partial charge in [0.2, 0.25) is 5.91 Å². The summed E-state index contributed by atoms with van der Waals surface area (Å²) in [6.45, 7) is 1.55. The van der Waals surface area contributed by atoms with Crippen molar-refractivity contribution in [2.45, 2.75) is 25.7 Å². The predicted octanol–water partition coefficient (Wildman–Crippen LogP) is 1.16. The molecule has 1 saturated carbocycles. The fraction of sp³-hybridized carbons (Fsp3) is 0.857. The molecule has 1 rings (SSSR count). The van der Waals surface area contributed by atoms with E-state index in [1.54, 1.807) is 23.7 Å². The van der Waals surface area contributed by atoms with Gasteiger partial charge >= 0.3 is 0 Å². The van der Waals surface area contributed by atoms with Crippen LogP contribution in [-0.2, 0) is 4.79 Å². The Balaban J connectivity index is 2.56. The number of aliphatic imine (C=N–C) groups is 1. The Hall–Kier alpha value is -0.910. The van der Waals surface area contributed by atoms with Crippen LogP contribution >= 0.6 is 11.8 Å². The van der Waals surface area contributed by atoms with E-state index in [-0.39, 0.29) is 11.3 Å².